The van der Waals surface area contributed by atoms with E-state index in [1.54, 1.807) is 4.90 Å². The van der Waals surface area contributed by atoms with Crippen molar-refractivity contribution in [2.75, 3.05) is 30.7 Å². The number of amides is 2. The van der Waals surface area contributed by atoms with Gasteiger partial charge >= 0.3 is 6.18 Å². The minimum atomic E-state index is -4.53. The smallest absolute Gasteiger partial charge is 0.396 e. The van der Waals surface area contributed by atoms with Crippen LogP contribution in [0.25, 0.3) is 22.3 Å². The molecule has 2 amide bonds. The Morgan fingerprint density at radius 2 is 1.94 bits per heavy atom. The fraction of sp³-hybridized carbons (Fsp3) is 0.409. The lowest BCUT2D eigenvalue weighted by Crippen LogP contribution is -2.48. The molecule has 0 aromatic carbocycles. The zero-order chi connectivity index (χ0) is 26.0. The molecule has 3 aromatic heterocycles. The lowest BCUT2D eigenvalue weighted by Gasteiger charge is -2.33. The summed E-state index contributed by atoms with van der Waals surface area (Å²) in [4.78, 5) is 40.3. The lowest BCUT2D eigenvalue weighted by molar-refractivity contribution is -0.137. The van der Waals surface area contributed by atoms with E-state index in [9.17, 15) is 22.8 Å². The molecule has 8 N–H and O–H groups in total. The molecule has 3 aromatic rings. The molecule has 14 heteroatoms. The van der Waals surface area contributed by atoms with Crippen molar-refractivity contribution in [3.8, 4) is 11.3 Å². The second-order valence-corrected chi connectivity index (χ2v) is 8.74. The van der Waals surface area contributed by atoms with Crippen LogP contribution in [0.4, 0.5) is 24.8 Å². The Labute approximate surface area is 203 Å². The van der Waals surface area contributed by atoms with Gasteiger partial charge in [-0.1, -0.05) is 0 Å². The third kappa shape index (κ3) is 5.48. The van der Waals surface area contributed by atoms with Gasteiger partial charge in [-0.3, -0.25) is 9.59 Å². The number of piperidine rings is 1. The molecule has 1 atom stereocenters. The molecular formula is C22H26F3N9O2. The molecule has 4 heterocycles. The second-order valence-electron chi connectivity index (χ2n) is 8.74. The van der Waals surface area contributed by atoms with Gasteiger partial charge in [-0.25, -0.2) is 15.0 Å². The Balaban J connectivity index is 1.42. The fourth-order valence-corrected chi connectivity index (χ4v) is 4.18. The standard InChI is InChI=1S/C22H26F3N9O2/c23-22(24,25)12-5-13-14(9-30-19(13)29-8-12)18-16(27)10-32-21(33-18)31-7-11-1-3-34(4-2-11)20(36)15(26)6-17(28)35/h5,8-11,15H,1-4,6-7,26-27H2,(H2,28,35)(H,29,30)(H,31,32,33)/t15-/m1/s1. The van der Waals surface area contributed by atoms with Crippen molar-refractivity contribution >= 4 is 34.5 Å². The number of halogens is 3. The fourth-order valence-electron chi connectivity index (χ4n) is 4.18. The van der Waals surface area contributed by atoms with Crippen LogP contribution in [0.15, 0.2) is 24.7 Å². The predicted molar refractivity (Wildman–Crippen MR) is 126 cm³/mol. The number of H-pyrrole nitrogens is 1. The minimum absolute atomic E-state index is 0.193. The Hall–Kier alpha value is -3.94. The number of likely N-dealkylation sites (tertiary alicyclic amines) is 1. The normalized spacial score (nSPS) is 15.7. The molecule has 4 rings (SSSR count). The van der Waals surface area contributed by atoms with Gasteiger partial charge in [0, 0.05) is 43.0 Å². The lowest BCUT2D eigenvalue weighted by atomic mass is 9.96. The van der Waals surface area contributed by atoms with Crippen LogP contribution in [0.1, 0.15) is 24.8 Å². The van der Waals surface area contributed by atoms with E-state index in [1.165, 1.54) is 12.4 Å². The van der Waals surface area contributed by atoms with Crippen molar-refractivity contribution in [2.24, 2.45) is 17.4 Å². The van der Waals surface area contributed by atoms with Crippen molar-refractivity contribution < 1.29 is 22.8 Å². The van der Waals surface area contributed by atoms with E-state index in [2.05, 4.69) is 25.3 Å². The van der Waals surface area contributed by atoms with Crippen LogP contribution in [0, 0.1) is 5.92 Å². The zero-order valence-corrected chi connectivity index (χ0v) is 19.2. The molecule has 0 unspecified atom stereocenters. The molecule has 1 saturated heterocycles. The topological polar surface area (TPSA) is 182 Å². The zero-order valence-electron chi connectivity index (χ0n) is 19.2. The van der Waals surface area contributed by atoms with E-state index in [0.29, 0.717) is 38.0 Å². The Morgan fingerprint density at radius 1 is 1.22 bits per heavy atom. The maximum Gasteiger partial charge on any atom is 0.417 e. The summed E-state index contributed by atoms with van der Waals surface area (Å²) in [7, 11) is 0. The summed E-state index contributed by atoms with van der Waals surface area (Å²) >= 11 is 0. The number of aromatic nitrogens is 4. The van der Waals surface area contributed by atoms with Crippen molar-refractivity contribution in [2.45, 2.75) is 31.5 Å². The summed E-state index contributed by atoms with van der Waals surface area (Å²) in [6.07, 6.45) is 0.357. The first kappa shape index (κ1) is 25.2. The van der Waals surface area contributed by atoms with E-state index in [1.807, 2.05) is 0 Å². The summed E-state index contributed by atoms with van der Waals surface area (Å²) in [5, 5.41) is 3.39. The van der Waals surface area contributed by atoms with E-state index >= 15 is 0 Å². The van der Waals surface area contributed by atoms with Gasteiger partial charge in [0.1, 0.15) is 11.3 Å². The van der Waals surface area contributed by atoms with Gasteiger partial charge in [-0.05, 0) is 24.8 Å². The van der Waals surface area contributed by atoms with Crippen LogP contribution in [0.3, 0.4) is 0 Å². The summed E-state index contributed by atoms with van der Waals surface area (Å²) in [6.45, 7) is 1.51. The number of fused-ring (bicyclic) bond motifs is 1. The summed E-state index contributed by atoms with van der Waals surface area (Å²) in [5.74, 6) is -0.427. The number of carbonyl (C=O) groups excluding carboxylic acids is 2. The molecule has 192 valence electrons. The van der Waals surface area contributed by atoms with Gasteiger partial charge in [0.2, 0.25) is 17.8 Å². The quantitative estimate of drug-likeness (QED) is 0.320. The number of nitrogens with zero attached hydrogens (tertiary/aromatic N) is 4. The third-order valence-electron chi connectivity index (χ3n) is 6.14. The third-order valence-corrected chi connectivity index (χ3v) is 6.14. The van der Waals surface area contributed by atoms with E-state index in [0.717, 1.165) is 12.3 Å². The SMILES string of the molecule is NC(=O)C[C@@H](N)C(=O)N1CCC(CNc2ncc(N)c(-c3c[nH]c4ncc(C(F)(F)F)cc34)n2)CC1. The maximum absolute atomic E-state index is 13.2. The Kier molecular flexibility index (Phi) is 6.97. The molecule has 36 heavy (non-hydrogen) atoms. The van der Waals surface area contributed by atoms with Crippen LogP contribution < -0.4 is 22.5 Å². The number of anilines is 2. The van der Waals surface area contributed by atoms with E-state index in [4.69, 9.17) is 17.2 Å². The number of primary amides is 1. The molecule has 11 nitrogen and oxygen atoms in total. The second kappa shape index (κ2) is 9.97. The van der Waals surface area contributed by atoms with Crippen LogP contribution >= 0.6 is 0 Å². The molecule has 1 aliphatic rings. The number of rotatable bonds is 7. The first-order valence-corrected chi connectivity index (χ1v) is 11.3. The van der Waals surface area contributed by atoms with Crippen LogP contribution in [-0.4, -0.2) is 62.3 Å². The number of nitrogens with two attached hydrogens (primary N) is 3. The van der Waals surface area contributed by atoms with E-state index in [-0.39, 0.29) is 46.6 Å². The molecule has 1 fully saturated rings. The summed E-state index contributed by atoms with van der Waals surface area (Å²) in [6, 6.07) is 0.0680. The van der Waals surface area contributed by atoms with Crippen molar-refractivity contribution in [1.29, 1.82) is 0 Å². The average molecular weight is 506 g/mol. The first-order valence-electron chi connectivity index (χ1n) is 11.3. The number of nitrogen functional groups attached to an aromatic ring is 1. The number of hydrogen-bond acceptors (Lipinski definition) is 8. The predicted octanol–water partition coefficient (Wildman–Crippen LogP) is 1.47. The molecule has 1 aliphatic heterocycles. The summed E-state index contributed by atoms with van der Waals surface area (Å²) < 4.78 is 39.5. The van der Waals surface area contributed by atoms with Gasteiger partial charge < -0.3 is 32.4 Å². The first-order chi connectivity index (χ1) is 17.0. The molecule has 0 aliphatic carbocycles. The number of carbonyl (C=O) groups is 2. The Morgan fingerprint density at radius 3 is 2.61 bits per heavy atom. The van der Waals surface area contributed by atoms with Gasteiger partial charge in [-0.15, -0.1) is 0 Å². The van der Waals surface area contributed by atoms with Gasteiger partial charge in [0.05, 0.1) is 29.9 Å². The summed E-state index contributed by atoms with van der Waals surface area (Å²) in [5.41, 5.74) is 17.2. The number of alkyl halides is 3. The molecule has 0 radical (unpaired) electrons. The van der Waals surface area contributed by atoms with E-state index < -0.39 is 23.7 Å². The molecule has 0 spiro atoms. The highest BCUT2D eigenvalue weighted by Crippen LogP contribution is 2.35. The highest BCUT2D eigenvalue weighted by Gasteiger charge is 2.32. The highest BCUT2D eigenvalue weighted by atomic mass is 19.4. The number of pyridine rings is 1. The Bertz CT molecular complexity index is 1270. The largest absolute Gasteiger partial charge is 0.417 e. The number of aromatic amines is 1. The average Bonchev–Trinajstić information content (AvgIpc) is 3.25. The van der Waals surface area contributed by atoms with Gasteiger partial charge in [0.25, 0.3) is 0 Å². The van der Waals surface area contributed by atoms with Crippen LogP contribution in [-0.2, 0) is 15.8 Å². The number of nitrogens with one attached hydrogen (secondary N) is 2. The highest BCUT2D eigenvalue weighted by molar-refractivity contribution is 5.95. The monoisotopic (exact) mass is 505 g/mol. The minimum Gasteiger partial charge on any atom is -0.396 e. The molecule has 0 bridgehead atoms. The van der Waals surface area contributed by atoms with Crippen LogP contribution in [0.5, 0.6) is 0 Å². The van der Waals surface area contributed by atoms with Gasteiger partial charge in [-0.2, -0.15) is 13.2 Å². The van der Waals surface area contributed by atoms with Crippen molar-refractivity contribution in [3.63, 3.8) is 0 Å². The van der Waals surface area contributed by atoms with Crippen molar-refractivity contribution in [1.82, 2.24) is 24.8 Å². The van der Waals surface area contributed by atoms with Crippen LogP contribution in [0.2, 0.25) is 0 Å². The van der Waals surface area contributed by atoms with Gasteiger partial charge in [0.15, 0.2) is 0 Å². The molecular weight excluding hydrogens is 479 g/mol. The number of hydrogen-bond donors (Lipinski definition) is 5. The molecule has 0 saturated carbocycles. The maximum atomic E-state index is 13.2. The van der Waals surface area contributed by atoms with Crippen molar-refractivity contribution in [3.05, 3.63) is 30.2 Å².